The first-order chi connectivity index (χ1) is 9.21. The summed E-state index contributed by atoms with van der Waals surface area (Å²) >= 11 is 0. The van der Waals surface area contributed by atoms with E-state index in [-0.39, 0.29) is 11.9 Å². The first-order valence-corrected chi connectivity index (χ1v) is 7.48. The zero-order valence-electron chi connectivity index (χ0n) is 13.7. The third kappa shape index (κ3) is 4.09. The van der Waals surface area contributed by atoms with E-state index in [2.05, 4.69) is 32.9 Å². The fourth-order valence-electron chi connectivity index (χ4n) is 2.53. The quantitative estimate of drug-likeness (QED) is 0.733. The van der Waals surface area contributed by atoms with Crippen LogP contribution in [0.2, 0.25) is 0 Å². The van der Waals surface area contributed by atoms with Crippen LogP contribution in [0.4, 0.5) is 0 Å². The normalized spacial score (nSPS) is 14.9. The smallest absolute Gasteiger partial charge is 0.313 e. The summed E-state index contributed by atoms with van der Waals surface area (Å²) in [4.78, 5) is 12.7. The summed E-state index contributed by atoms with van der Waals surface area (Å²) in [5.41, 5.74) is 0.298. The Morgan fingerprint density at radius 3 is 2.10 bits per heavy atom. The lowest BCUT2D eigenvalue weighted by atomic mass is 9.70. The van der Waals surface area contributed by atoms with E-state index in [1.807, 2.05) is 39.0 Å². The Kier molecular flexibility index (Phi) is 5.38. The Labute approximate surface area is 123 Å². The van der Waals surface area contributed by atoms with Gasteiger partial charge in [-0.2, -0.15) is 0 Å². The second-order valence-electron chi connectivity index (χ2n) is 6.83. The molecule has 0 amide bonds. The molecule has 1 unspecified atom stereocenters. The second kappa shape index (κ2) is 6.43. The average Bonchev–Trinajstić information content (AvgIpc) is 2.34. The third-order valence-electron chi connectivity index (χ3n) is 3.90. The van der Waals surface area contributed by atoms with Crippen molar-refractivity contribution >= 4 is 5.97 Å². The molecule has 2 heteroatoms. The van der Waals surface area contributed by atoms with E-state index < -0.39 is 11.0 Å². The van der Waals surface area contributed by atoms with Gasteiger partial charge >= 0.3 is 5.97 Å². The van der Waals surface area contributed by atoms with Crippen molar-refractivity contribution in [1.82, 2.24) is 0 Å². The third-order valence-corrected chi connectivity index (χ3v) is 3.90. The molecule has 20 heavy (non-hydrogen) atoms. The Bertz CT molecular complexity index is 428. The lowest BCUT2D eigenvalue weighted by Gasteiger charge is -2.37. The van der Waals surface area contributed by atoms with Crippen molar-refractivity contribution in [3.05, 3.63) is 35.9 Å². The Morgan fingerprint density at radius 1 is 1.15 bits per heavy atom. The van der Waals surface area contributed by atoms with Crippen molar-refractivity contribution in [2.75, 3.05) is 0 Å². The van der Waals surface area contributed by atoms with Gasteiger partial charge in [0.05, 0.1) is 5.41 Å². The van der Waals surface area contributed by atoms with Crippen molar-refractivity contribution in [2.24, 2.45) is 11.3 Å². The maximum absolute atomic E-state index is 12.7. The van der Waals surface area contributed by atoms with Crippen LogP contribution in [0.5, 0.6) is 0 Å². The molecule has 0 N–H and O–H groups in total. The van der Waals surface area contributed by atoms with Crippen LogP contribution >= 0.6 is 0 Å². The summed E-state index contributed by atoms with van der Waals surface area (Å²) in [6, 6.07) is 10.2. The second-order valence-corrected chi connectivity index (χ2v) is 6.83. The fourth-order valence-corrected chi connectivity index (χ4v) is 2.53. The minimum atomic E-state index is -0.450. The highest BCUT2D eigenvalue weighted by Crippen LogP contribution is 2.38. The van der Waals surface area contributed by atoms with Crippen molar-refractivity contribution in [3.63, 3.8) is 0 Å². The van der Waals surface area contributed by atoms with Crippen molar-refractivity contribution in [3.8, 4) is 0 Å². The monoisotopic (exact) mass is 276 g/mol. The molecule has 0 aliphatic heterocycles. The lowest BCUT2D eigenvalue weighted by Crippen LogP contribution is -2.42. The fraction of sp³-hybridized carbons (Fsp3) is 0.611. The minimum absolute atomic E-state index is 0.0775. The van der Waals surface area contributed by atoms with Crippen LogP contribution < -0.4 is 0 Å². The van der Waals surface area contributed by atoms with Gasteiger partial charge in [0.1, 0.15) is 5.60 Å². The van der Waals surface area contributed by atoms with Crippen LogP contribution in [0, 0.1) is 11.3 Å². The van der Waals surface area contributed by atoms with E-state index in [0.29, 0.717) is 0 Å². The molecular weight excluding hydrogens is 248 g/mol. The maximum Gasteiger partial charge on any atom is 0.313 e. The summed E-state index contributed by atoms with van der Waals surface area (Å²) < 4.78 is 5.69. The maximum atomic E-state index is 12.7. The van der Waals surface area contributed by atoms with Crippen molar-refractivity contribution in [2.45, 2.75) is 60.0 Å². The number of hydrogen-bond donors (Lipinski definition) is 0. The molecule has 0 radical (unpaired) electrons. The van der Waals surface area contributed by atoms with Gasteiger partial charge in [-0.1, -0.05) is 51.1 Å². The van der Waals surface area contributed by atoms with E-state index in [1.165, 1.54) is 5.56 Å². The molecule has 0 fully saturated rings. The van der Waals surface area contributed by atoms with Crippen LogP contribution in [-0.2, 0) is 16.0 Å². The molecule has 0 bridgehead atoms. The molecular formula is C18H28O2. The molecule has 0 heterocycles. The number of ether oxygens (including phenoxy) is 1. The molecule has 0 spiro atoms. The summed E-state index contributed by atoms with van der Waals surface area (Å²) in [6.07, 6.45) is 1.52. The van der Waals surface area contributed by atoms with Gasteiger partial charge in [-0.3, -0.25) is 4.79 Å². The minimum Gasteiger partial charge on any atom is -0.460 e. The van der Waals surface area contributed by atoms with Gasteiger partial charge in [0.2, 0.25) is 0 Å². The first-order valence-electron chi connectivity index (χ1n) is 7.48. The largest absolute Gasteiger partial charge is 0.460 e. The number of benzene rings is 1. The predicted octanol–water partition coefficient (Wildman–Crippen LogP) is 4.62. The zero-order chi connectivity index (χ0) is 15.4. The molecule has 1 aromatic carbocycles. The topological polar surface area (TPSA) is 26.3 Å². The van der Waals surface area contributed by atoms with Gasteiger partial charge in [-0.25, -0.2) is 0 Å². The zero-order valence-corrected chi connectivity index (χ0v) is 13.7. The highest BCUT2D eigenvalue weighted by Gasteiger charge is 2.42. The van der Waals surface area contributed by atoms with Gasteiger partial charge in [0.25, 0.3) is 0 Å². The average molecular weight is 276 g/mol. The van der Waals surface area contributed by atoms with Gasteiger partial charge < -0.3 is 4.74 Å². The van der Waals surface area contributed by atoms with Crippen LogP contribution in [0.1, 0.15) is 53.5 Å². The highest BCUT2D eigenvalue weighted by atomic mass is 16.6. The standard InChI is InChI=1S/C18H28O2/c1-7-18(14(2)3,16(19)20-17(4,5)6)13-15-11-9-8-10-12-15/h8-12,14H,7,13H2,1-6H3. The lowest BCUT2D eigenvalue weighted by molar-refractivity contribution is -0.171. The van der Waals surface area contributed by atoms with E-state index in [0.717, 1.165) is 12.8 Å². The number of hydrogen-bond acceptors (Lipinski definition) is 2. The summed E-state index contributed by atoms with van der Waals surface area (Å²) in [7, 11) is 0. The van der Waals surface area contributed by atoms with E-state index in [1.54, 1.807) is 0 Å². The van der Waals surface area contributed by atoms with Crippen LogP contribution in [0.25, 0.3) is 0 Å². The van der Waals surface area contributed by atoms with Gasteiger partial charge in [-0.15, -0.1) is 0 Å². The number of carbonyl (C=O) groups is 1. The van der Waals surface area contributed by atoms with Gasteiger partial charge in [0, 0.05) is 0 Å². The SMILES string of the molecule is CCC(Cc1ccccc1)(C(=O)OC(C)(C)C)C(C)C. The summed E-state index contributed by atoms with van der Waals surface area (Å²) in [6.45, 7) is 12.1. The van der Waals surface area contributed by atoms with Gasteiger partial charge in [-0.05, 0) is 45.1 Å². The van der Waals surface area contributed by atoms with Crippen LogP contribution in [-0.4, -0.2) is 11.6 Å². The summed E-state index contributed by atoms with van der Waals surface area (Å²) in [5.74, 6) is 0.161. The molecule has 2 nitrogen and oxygen atoms in total. The van der Waals surface area contributed by atoms with Gasteiger partial charge in [0.15, 0.2) is 0 Å². The number of carbonyl (C=O) groups excluding carboxylic acids is 1. The van der Waals surface area contributed by atoms with Crippen LogP contribution in [0.3, 0.4) is 0 Å². The molecule has 0 aromatic heterocycles. The predicted molar refractivity (Wildman–Crippen MR) is 83.6 cm³/mol. The first kappa shape index (κ1) is 16.7. The van der Waals surface area contributed by atoms with E-state index in [9.17, 15) is 4.79 Å². The van der Waals surface area contributed by atoms with Crippen molar-refractivity contribution in [1.29, 1.82) is 0 Å². The molecule has 0 saturated carbocycles. The highest BCUT2D eigenvalue weighted by molar-refractivity contribution is 5.78. The number of esters is 1. The van der Waals surface area contributed by atoms with E-state index >= 15 is 0 Å². The van der Waals surface area contributed by atoms with Crippen LogP contribution in [0.15, 0.2) is 30.3 Å². The molecule has 0 aliphatic rings. The number of rotatable bonds is 5. The Balaban J connectivity index is 3.06. The van der Waals surface area contributed by atoms with Crippen molar-refractivity contribution < 1.29 is 9.53 Å². The molecule has 0 saturated heterocycles. The Hall–Kier alpha value is -1.31. The molecule has 112 valence electrons. The molecule has 1 atom stereocenters. The van der Waals surface area contributed by atoms with E-state index in [4.69, 9.17) is 4.74 Å². The molecule has 1 aromatic rings. The Morgan fingerprint density at radius 2 is 1.70 bits per heavy atom. The molecule has 1 rings (SSSR count). The molecule has 0 aliphatic carbocycles. The summed E-state index contributed by atoms with van der Waals surface area (Å²) in [5, 5.41) is 0.